The number of carbonyl (C=O) groups is 1. The standard InChI is InChI=1S/C19H28N6O4/c1-15-22-24-19(25-23-15)17-4-2-16(3-5-17)14-18(26)21-7-9-28-11-13-29-12-10-27-8-6-20/h2-5H,6-14,20H2,1H3,(H,21,26). The normalized spacial score (nSPS) is 10.8. The zero-order valence-corrected chi connectivity index (χ0v) is 16.7. The topological polar surface area (TPSA) is 134 Å². The fourth-order valence-corrected chi connectivity index (χ4v) is 2.30. The number of aryl methyl sites for hydroxylation is 1. The molecule has 0 unspecified atom stereocenters. The summed E-state index contributed by atoms with van der Waals surface area (Å²) in [5.41, 5.74) is 7.00. The van der Waals surface area contributed by atoms with Gasteiger partial charge >= 0.3 is 0 Å². The van der Waals surface area contributed by atoms with Crippen LogP contribution in [0, 0.1) is 6.92 Å². The molecule has 29 heavy (non-hydrogen) atoms. The Morgan fingerprint density at radius 1 is 0.897 bits per heavy atom. The van der Waals surface area contributed by atoms with E-state index in [-0.39, 0.29) is 12.3 Å². The van der Waals surface area contributed by atoms with Crippen LogP contribution in [-0.2, 0) is 25.4 Å². The van der Waals surface area contributed by atoms with Crippen molar-refractivity contribution in [3.63, 3.8) is 0 Å². The molecule has 0 saturated heterocycles. The number of rotatable bonds is 14. The predicted octanol–water partition coefficient (Wildman–Crippen LogP) is -0.0908. The lowest BCUT2D eigenvalue weighted by Gasteiger charge is -2.08. The fraction of sp³-hybridized carbons (Fsp3) is 0.526. The SMILES string of the molecule is Cc1nnc(-c2ccc(CC(=O)NCCOCCOCCOCCN)cc2)nn1. The lowest BCUT2D eigenvalue weighted by molar-refractivity contribution is -0.120. The van der Waals surface area contributed by atoms with Gasteiger partial charge in [0, 0.05) is 18.7 Å². The number of hydrogen-bond acceptors (Lipinski definition) is 9. The van der Waals surface area contributed by atoms with Crippen LogP contribution < -0.4 is 11.1 Å². The van der Waals surface area contributed by atoms with Gasteiger partial charge in [-0.05, 0) is 12.5 Å². The molecule has 10 heteroatoms. The predicted molar refractivity (Wildman–Crippen MR) is 106 cm³/mol. The van der Waals surface area contributed by atoms with Crippen molar-refractivity contribution in [3.8, 4) is 11.4 Å². The molecule has 1 heterocycles. The largest absolute Gasteiger partial charge is 0.378 e. The Labute approximate surface area is 170 Å². The Morgan fingerprint density at radius 3 is 2.10 bits per heavy atom. The zero-order valence-electron chi connectivity index (χ0n) is 16.7. The van der Waals surface area contributed by atoms with Gasteiger partial charge in [0.2, 0.25) is 11.7 Å². The quantitative estimate of drug-likeness (QED) is 0.414. The summed E-state index contributed by atoms with van der Waals surface area (Å²) in [4.78, 5) is 12.0. The molecule has 2 rings (SSSR count). The third kappa shape index (κ3) is 9.48. The number of ether oxygens (including phenoxy) is 3. The van der Waals surface area contributed by atoms with E-state index in [9.17, 15) is 4.79 Å². The van der Waals surface area contributed by atoms with Gasteiger partial charge in [-0.3, -0.25) is 4.79 Å². The smallest absolute Gasteiger partial charge is 0.224 e. The molecule has 1 aromatic heterocycles. The summed E-state index contributed by atoms with van der Waals surface area (Å²) in [6.07, 6.45) is 0.289. The summed E-state index contributed by atoms with van der Waals surface area (Å²) in [5.74, 6) is 0.909. The van der Waals surface area contributed by atoms with Crippen LogP contribution in [0.15, 0.2) is 24.3 Å². The molecule has 0 aliphatic heterocycles. The van der Waals surface area contributed by atoms with E-state index >= 15 is 0 Å². The van der Waals surface area contributed by atoms with Crippen LogP contribution >= 0.6 is 0 Å². The van der Waals surface area contributed by atoms with Crippen LogP contribution in [0.5, 0.6) is 0 Å². The van der Waals surface area contributed by atoms with E-state index in [1.807, 2.05) is 24.3 Å². The summed E-state index contributed by atoms with van der Waals surface area (Å²) in [6.45, 7) is 5.67. The number of hydrogen-bond donors (Lipinski definition) is 2. The van der Waals surface area contributed by atoms with Gasteiger partial charge in [0.25, 0.3) is 0 Å². The molecule has 10 nitrogen and oxygen atoms in total. The van der Waals surface area contributed by atoms with Gasteiger partial charge in [-0.25, -0.2) is 0 Å². The molecule has 2 aromatic rings. The van der Waals surface area contributed by atoms with Crippen LogP contribution in [0.1, 0.15) is 11.4 Å². The minimum Gasteiger partial charge on any atom is -0.378 e. The fourth-order valence-electron chi connectivity index (χ4n) is 2.30. The van der Waals surface area contributed by atoms with Gasteiger partial charge in [0.05, 0.1) is 46.1 Å². The lowest BCUT2D eigenvalue weighted by atomic mass is 10.1. The Morgan fingerprint density at radius 2 is 1.48 bits per heavy atom. The second-order valence-electron chi connectivity index (χ2n) is 6.12. The van der Waals surface area contributed by atoms with Crippen molar-refractivity contribution in [2.75, 3.05) is 52.7 Å². The van der Waals surface area contributed by atoms with Crippen LogP contribution in [0.25, 0.3) is 11.4 Å². The van der Waals surface area contributed by atoms with Crippen molar-refractivity contribution >= 4 is 5.91 Å². The van der Waals surface area contributed by atoms with Gasteiger partial charge in [-0.2, -0.15) is 0 Å². The molecule has 0 fully saturated rings. The van der Waals surface area contributed by atoms with Crippen molar-refractivity contribution < 1.29 is 19.0 Å². The molecule has 0 bridgehead atoms. The van der Waals surface area contributed by atoms with Gasteiger partial charge in [-0.1, -0.05) is 24.3 Å². The maximum Gasteiger partial charge on any atom is 0.224 e. The first-order valence-electron chi connectivity index (χ1n) is 9.52. The molecule has 0 spiro atoms. The molecule has 158 valence electrons. The number of nitrogens with one attached hydrogen (secondary N) is 1. The van der Waals surface area contributed by atoms with Gasteiger partial charge in [-0.15, -0.1) is 20.4 Å². The Hall–Kier alpha value is -2.53. The second-order valence-corrected chi connectivity index (χ2v) is 6.12. The maximum atomic E-state index is 12.0. The summed E-state index contributed by atoms with van der Waals surface area (Å²) in [7, 11) is 0. The third-order valence-electron chi connectivity index (χ3n) is 3.73. The molecule has 0 atom stereocenters. The summed E-state index contributed by atoms with van der Waals surface area (Å²) in [6, 6.07) is 7.42. The van der Waals surface area contributed by atoms with Crippen LogP contribution in [-0.4, -0.2) is 79.0 Å². The Balaban J connectivity index is 1.54. The van der Waals surface area contributed by atoms with Gasteiger partial charge in [0.15, 0.2) is 5.82 Å². The van der Waals surface area contributed by atoms with Crippen molar-refractivity contribution in [2.24, 2.45) is 5.73 Å². The van der Waals surface area contributed by atoms with E-state index in [1.54, 1.807) is 6.92 Å². The number of nitrogens with zero attached hydrogens (tertiary/aromatic N) is 4. The van der Waals surface area contributed by atoms with Crippen LogP contribution in [0.3, 0.4) is 0 Å². The van der Waals surface area contributed by atoms with Crippen LogP contribution in [0.2, 0.25) is 0 Å². The van der Waals surface area contributed by atoms with E-state index in [4.69, 9.17) is 19.9 Å². The molecule has 0 radical (unpaired) electrons. The molecule has 1 amide bonds. The van der Waals surface area contributed by atoms with Crippen LogP contribution in [0.4, 0.5) is 0 Å². The summed E-state index contributed by atoms with van der Waals surface area (Å²) >= 11 is 0. The molecule has 1 aromatic carbocycles. The third-order valence-corrected chi connectivity index (χ3v) is 3.73. The number of nitrogens with two attached hydrogens (primary N) is 1. The highest BCUT2D eigenvalue weighted by Gasteiger charge is 2.06. The average Bonchev–Trinajstić information content (AvgIpc) is 2.73. The highest BCUT2D eigenvalue weighted by Crippen LogP contribution is 2.14. The lowest BCUT2D eigenvalue weighted by Crippen LogP contribution is -2.29. The number of benzene rings is 1. The maximum absolute atomic E-state index is 12.0. The van der Waals surface area contributed by atoms with Crippen molar-refractivity contribution in [1.82, 2.24) is 25.7 Å². The van der Waals surface area contributed by atoms with Crippen molar-refractivity contribution in [3.05, 3.63) is 35.7 Å². The van der Waals surface area contributed by atoms with Gasteiger partial charge < -0.3 is 25.3 Å². The van der Waals surface area contributed by atoms with E-state index in [1.165, 1.54) is 0 Å². The minimum atomic E-state index is -0.0652. The van der Waals surface area contributed by atoms with E-state index < -0.39 is 0 Å². The molecular formula is C19H28N6O4. The number of amides is 1. The first-order valence-corrected chi connectivity index (χ1v) is 9.52. The first kappa shape index (κ1) is 22.8. The van der Waals surface area contributed by atoms with Crippen molar-refractivity contribution in [2.45, 2.75) is 13.3 Å². The zero-order chi connectivity index (χ0) is 20.7. The molecule has 3 N–H and O–H groups in total. The second kappa shape index (κ2) is 13.6. The monoisotopic (exact) mass is 404 g/mol. The molecule has 0 saturated carbocycles. The average molecular weight is 404 g/mol. The molecule has 0 aliphatic rings. The van der Waals surface area contributed by atoms with Gasteiger partial charge in [0.1, 0.15) is 0 Å². The molecule has 0 aliphatic carbocycles. The highest BCUT2D eigenvalue weighted by atomic mass is 16.5. The van der Waals surface area contributed by atoms with E-state index in [0.717, 1.165) is 11.1 Å². The van der Waals surface area contributed by atoms with Crippen molar-refractivity contribution in [1.29, 1.82) is 0 Å². The molecular weight excluding hydrogens is 376 g/mol. The number of carbonyl (C=O) groups excluding carboxylic acids is 1. The number of aromatic nitrogens is 4. The summed E-state index contributed by atoms with van der Waals surface area (Å²) < 4.78 is 15.9. The van der Waals surface area contributed by atoms with E-state index in [0.29, 0.717) is 64.4 Å². The van der Waals surface area contributed by atoms with E-state index in [2.05, 4.69) is 25.7 Å². The summed E-state index contributed by atoms with van der Waals surface area (Å²) in [5, 5.41) is 18.6. The Kier molecular flexibility index (Phi) is 10.7. The minimum absolute atomic E-state index is 0.0652. The Bertz CT molecular complexity index is 712. The highest BCUT2D eigenvalue weighted by molar-refractivity contribution is 5.78. The first-order chi connectivity index (χ1) is 14.2.